The van der Waals surface area contributed by atoms with Gasteiger partial charge >= 0.3 is 0 Å². The van der Waals surface area contributed by atoms with Crippen molar-refractivity contribution in [3.8, 4) is 5.69 Å². The van der Waals surface area contributed by atoms with E-state index in [0.29, 0.717) is 16.1 Å². The zero-order valence-electron chi connectivity index (χ0n) is 17.1. The fourth-order valence-corrected chi connectivity index (χ4v) is 5.36. The van der Waals surface area contributed by atoms with Crippen LogP contribution in [0.25, 0.3) is 5.69 Å². The van der Waals surface area contributed by atoms with E-state index < -0.39 is 0 Å². The number of rotatable bonds is 7. The Labute approximate surface area is 194 Å². The first-order valence-corrected chi connectivity index (χ1v) is 11.9. The van der Waals surface area contributed by atoms with Crippen LogP contribution in [0.2, 0.25) is 0 Å². The third-order valence-electron chi connectivity index (χ3n) is 4.63. The zero-order valence-corrected chi connectivity index (χ0v) is 19.6. The maximum absolute atomic E-state index is 12.7. The standard InChI is InChI=1S/C23H21N3O2S3/c1-16-8-13-20(28-16)14-25(2)21(27)18-9-11-19(12-10-18)26-23(29)31-22(24-26)30-15-17-6-4-3-5-7-17/h3-13H,14-15H2,1-2H3. The summed E-state index contributed by atoms with van der Waals surface area (Å²) in [7, 11) is 1.76. The van der Waals surface area contributed by atoms with Crippen molar-refractivity contribution in [2.45, 2.75) is 23.6 Å². The summed E-state index contributed by atoms with van der Waals surface area (Å²) in [5, 5.41) is 4.65. The number of nitrogens with zero attached hydrogens (tertiary/aromatic N) is 3. The number of thioether (sulfide) groups is 1. The van der Waals surface area contributed by atoms with Gasteiger partial charge in [-0.1, -0.05) is 53.4 Å². The molecule has 2 aromatic carbocycles. The summed E-state index contributed by atoms with van der Waals surface area (Å²) in [6.07, 6.45) is 0. The molecule has 1 amide bonds. The summed E-state index contributed by atoms with van der Waals surface area (Å²) < 4.78 is 8.91. The first-order chi connectivity index (χ1) is 15.0. The van der Waals surface area contributed by atoms with E-state index in [2.05, 4.69) is 17.2 Å². The van der Waals surface area contributed by atoms with Gasteiger partial charge in [0, 0.05) is 18.4 Å². The molecule has 2 heterocycles. The van der Waals surface area contributed by atoms with Crippen molar-refractivity contribution < 1.29 is 9.21 Å². The maximum Gasteiger partial charge on any atom is 0.254 e. The summed E-state index contributed by atoms with van der Waals surface area (Å²) in [4.78, 5) is 14.4. The molecule has 0 spiro atoms. The summed E-state index contributed by atoms with van der Waals surface area (Å²) in [6.45, 7) is 2.31. The number of amides is 1. The number of aryl methyl sites for hydroxylation is 1. The summed E-state index contributed by atoms with van der Waals surface area (Å²) in [5.41, 5.74) is 2.69. The Hall–Kier alpha value is -2.68. The molecule has 0 atom stereocenters. The van der Waals surface area contributed by atoms with Crippen LogP contribution in [0, 0.1) is 10.9 Å². The van der Waals surface area contributed by atoms with Gasteiger partial charge in [0.25, 0.3) is 5.91 Å². The van der Waals surface area contributed by atoms with E-state index in [1.807, 2.05) is 49.4 Å². The van der Waals surface area contributed by atoms with Crippen LogP contribution in [0.1, 0.15) is 27.4 Å². The minimum Gasteiger partial charge on any atom is -0.464 e. The molecule has 4 rings (SSSR count). The average molecular weight is 468 g/mol. The number of benzene rings is 2. The number of aromatic nitrogens is 2. The van der Waals surface area contributed by atoms with Gasteiger partial charge in [0.15, 0.2) is 8.29 Å². The zero-order chi connectivity index (χ0) is 21.8. The number of carbonyl (C=O) groups is 1. The minimum atomic E-state index is -0.0680. The first-order valence-electron chi connectivity index (χ1n) is 9.68. The molecule has 31 heavy (non-hydrogen) atoms. The highest BCUT2D eigenvalue weighted by Gasteiger charge is 2.14. The summed E-state index contributed by atoms with van der Waals surface area (Å²) in [5.74, 6) is 2.38. The monoisotopic (exact) mass is 467 g/mol. The molecule has 158 valence electrons. The Morgan fingerprint density at radius 2 is 1.87 bits per heavy atom. The van der Waals surface area contributed by atoms with E-state index in [-0.39, 0.29) is 5.91 Å². The van der Waals surface area contributed by atoms with E-state index >= 15 is 0 Å². The second-order valence-electron chi connectivity index (χ2n) is 7.04. The number of hydrogen-bond acceptors (Lipinski definition) is 6. The number of furan rings is 1. The van der Waals surface area contributed by atoms with Crippen LogP contribution in [0.3, 0.4) is 0 Å². The third kappa shape index (κ3) is 5.33. The highest BCUT2D eigenvalue weighted by Crippen LogP contribution is 2.27. The number of carbonyl (C=O) groups excluding carboxylic acids is 1. The van der Waals surface area contributed by atoms with Gasteiger partial charge < -0.3 is 9.32 Å². The molecule has 0 unspecified atom stereocenters. The van der Waals surface area contributed by atoms with Crippen LogP contribution in [0.4, 0.5) is 0 Å². The average Bonchev–Trinajstić information content (AvgIpc) is 3.37. The van der Waals surface area contributed by atoms with Crippen LogP contribution in [-0.4, -0.2) is 27.6 Å². The van der Waals surface area contributed by atoms with Crippen LogP contribution in [0.5, 0.6) is 0 Å². The van der Waals surface area contributed by atoms with Crippen molar-refractivity contribution in [1.82, 2.24) is 14.7 Å². The van der Waals surface area contributed by atoms with Crippen molar-refractivity contribution in [3.05, 3.63) is 93.3 Å². The van der Waals surface area contributed by atoms with E-state index in [1.54, 1.807) is 40.5 Å². The lowest BCUT2D eigenvalue weighted by Crippen LogP contribution is -2.25. The Kier molecular flexibility index (Phi) is 6.70. The summed E-state index contributed by atoms with van der Waals surface area (Å²) >= 11 is 8.67. The van der Waals surface area contributed by atoms with E-state index in [0.717, 1.165) is 27.3 Å². The lowest BCUT2D eigenvalue weighted by molar-refractivity contribution is 0.0775. The van der Waals surface area contributed by atoms with E-state index in [4.69, 9.17) is 16.6 Å². The Bertz CT molecular complexity index is 1230. The SMILES string of the molecule is Cc1ccc(CN(C)C(=O)c2ccc(-n3nc(SCc4ccccc4)sc3=S)cc2)o1. The third-order valence-corrected chi connectivity index (χ3v) is 7.07. The molecule has 5 nitrogen and oxygen atoms in total. The molecule has 0 aliphatic rings. The normalized spacial score (nSPS) is 10.9. The van der Waals surface area contributed by atoms with Crippen molar-refractivity contribution in [3.63, 3.8) is 0 Å². The topological polar surface area (TPSA) is 51.3 Å². The van der Waals surface area contributed by atoms with Gasteiger partial charge in [-0.15, -0.1) is 5.10 Å². The first kappa shape index (κ1) is 21.5. The molecule has 8 heteroatoms. The van der Waals surface area contributed by atoms with Gasteiger partial charge in [0.2, 0.25) is 0 Å². The molecular formula is C23H21N3O2S3. The van der Waals surface area contributed by atoms with Crippen molar-refractivity contribution >= 4 is 41.2 Å². The second-order valence-corrected chi connectivity index (χ2v) is 9.89. The molecule has 0 aliphatic carbocycles. The highest BCUT2D eigenvalue weighted by atomic mass is 32.2. The molecule has 0 bridgehead atoms. The molecule has 0 aliphatic heterocycles. The quantitative estimate of drug-likeness (QED) is 0.242. The fraction of sp³-hybridized carbons (Fsp3) is 0.174. The molecular weight excluding hydrogens is 446 g/mol. The predicted molar refractivity (Wildman–Crippen MR) is 128 cm³/mol. The highest BCUT2D eigenvalue weighted by molar-refractivity contribution is 8.00. The Morgan fingerprint density at radius 1 is 1.13 bits per heavy atom. The van der Waals surface area contributed by atoms with Crippen molar-refractivity contribution in [2.24, 2.45) is 0 Å². The fourth-order valence-electron chi connectivity index (χ4n) is 3.04. The Balaban J connectivity index is 1.43. The number of hydrogen-bond donors (Lipinski definition) is 0. The molecule has 0 fully saturated rings. The van der Waals surface area contributed by atoms with Crippen LogP contribution < -0.4 is 0 Å². The van der Waals surface area contributed by atoms with Gasteiger partial charge in [0.05, 0.1) is 12.2 Å². The molecule has 0 saturated heterocycles. The molecule has 2 aromatic heterocycles. The largest absolute Gasteiger partial charge is 0.464 e. The van der Waals surface area contributed by atoms with Crippen LogP contribution in [0.15, 0.2) is 75.5 Å². The summed E-state index contributed by atoms with van der Waals surface area (Å²) in [6, 6.07) is 21.4. The molecule has 0 saturated carbocycles. The van der Waals surface area contributed by atoms with Gasteiger partial charge in [-0.3, -0.25) is 4.79 Å². The molecule has 4 aromatic rings. The molecule has 0 radical (unpaired) electrons. The van der Waals surface area contributed by atoms with Crippen LogP contribution >= 0.6 is 35.3 Å². The van der Waals surface area contributed by atoms with Gasteiger partial charge in [-0.2, -0.15) is 0 Å². The van der Waals surface area contributed by atoms with Gasteiger partial charge in [0.1, 0.15) is 11.5 Å². The Morgan fingerprint density at radius 3 is 2.55 bits per heavy atom. The van der Waals surface area contributed by atoms with E-state index in [1.165, 1.54) is 16.9 Å². The van der Waals surface area contributed by atoms with Gasteiger partial charge in [-0.05, 0) is 61.1 Å². The van der Waals surface area contributed by atoms with Gasteiger partial charge in [-0.25, -0.2) is 4.68 Å². The lowest BCUT2D eigenvalue weighted by atomic mass is 10.2. The minimum absolute atomic E-state index is 0.0680. The van der Waals surface area contributed by atoms with Crippen LogP contribution in [-0.2, 0) is 12.3 Å². The maximum atomic E-state index is 12.7. The predicted octanol–water partition coefficient (Wildman–Crippen LogP) is 6.13. The second kappa shape index (κ2) is 9.64. The lowest BCUT2D eigenvalue weighted by Gasteiger charge is -2.16. The molecule has 0 N–H and O–H groups in total. The smallest absolute Gasteiger partial charge is 0.254 e. The van der Waals surface area contributed by atoms with Crippen molar-refractivity contribution in [2.75, 3.05) is 7.05 Å². The van der Waals surface area contributed by atoms with E-state index in [9.17, 15) is 4.79 Å². The van der Waals surface area contributed by atoms with Crippen molar-refractivity contribution in [1.29, 1.82) is 0 Å².